The third-order valence-electron chi connectivity index (χ3n) is 3.06. The van der Waals surface area contributed by atoms with Gasteiger partial charge in [0.05, 0.1) is 12.4 Å². The maximum absolute atomic E-state index is 11.6. The summed E-state index contributed by atoms with van der Waals surface area (Å²) in [4.78, 5) is 23.2. The molecule has 2 aromatic rings. The van der Waals surface area contributed by atoms with Crippen molar-refractivity contribution >= 4 is 47.4 Å². The molecule has 7 nitrogen and oxygen atoms in total. The van der Waals surface area contributed by atoms with Crippen molar-refractivity contribution in [3.8, 4) is 0 Å². The van der Waals surface area contributed by atoms with Crippen LogP contribution in [-0.2, 0) is 14.3 Å². The molecule has 0 bridgehead atoms. The zero-order valence-electron chi connectivity index (χ0n) is 14.1. The molecular weight excluding hydrogens is 391 g/mol. The number of benzene rings is 2. The molecule has 0 fully saturated rings. The molecule has 140 valence electrons. The highest BCUT2D eigenvalue weighted by molar-refractivity contribution is 6.33. The quantitative estimate of drug-likeness (QED) is 0.521. The number of amides is 2. The molecule has 0 aliphatic heterocycles. The average Bonchev–Trinajstić information content (AvgIpc) is 2.65. The fraction of sp³-hybridized carbons (Fsp3) is 0.111. The van der Waals surface area contributed by atoms with E-state index in [1.54, 1.807) is 48.5 Å². The number of hydrazone groups is 2. The van der Waals surface area contributed by atoms with Crippen LogP contribution in [0, 0.1) is 0 Å². The van der Waals surface area contributed by atoms with Crippen molar-refractivity contribution in [1.82, 2.24) is 10.9 Å². The van der Waals surface area contributed by atoms with E-state index in [0.717, 1.165) is 0 Å². The van der Waals surface area contributed by atoms with Crippen molar-refractivity contribution in [3.63, 3.8) is 0 Å². The lowest BCUT2D eigenvalue weighted by Gasteiger charge is -2.02. The van der Waals surface area contributed by atoms with Crippen molar-refractivity contribution in [3.05, 3.63) is 69.7 Å². The lowest BCUT2D eigenvalue weighted by Crippen LogP contribution is -2.28. The number of carbonyl (C=O) groups is 2. The number of ether oxygens (including phenoxy) is 1. The fourth-order valence-corrected chi connectivity index (χ4v) is 2.18. The fourth-order valence-electron chi connectivity index (χ4n) is 1.81. The summed E-state index contributed by atoms with van der Waals surface area (Å²) in [6, 6.07) is 14.1. The van der Waals surface area contributed by atoms with Crippen molar-refractivity contribution < 1.29 is 14.3 Å². The molecule has 0 saturated heterocycles. The van der Waals surface area contributed by atoms with E-state index in [1.165, 1.54) is 12.4 Å². The Hall–Kier alpha value is -2.74. The van der Waals surface area contributed by atoms with Gasteiger partial charge in [-0.05, 0) is 12.1 Å². The summed E-state index contributed by atoms with van der Waals surface area (Å²) in [7, 11) is 0. The number of rotatable bonds is 8. The van der Waals surface area contributed by atoms with E-state index in [4.69, 9.17) is 27.9 Å². The normalized spacial score (nSPS) is 11.0. The van der Waals surface area contributed by atoms with Crippen molar-refractivity contribution in [1.29, 1.82) is 0 Å². The molecule has 0 saturated carbocycles. The summed E-state index contributed by atoms with van der Waals surface area (Å²) >= 11 is 11.9. The SMILES string of the molecule is O=C(COCC(=O)N/N=C/c1ccccc1Cl)N/N=C\c1ccccc1Cl. The summed E-state index contributed by atoms with van der Waals surface area (Å²) in [5.41, 5.74) is 5.87. The van der Waals surface area contributed by atoms with Crippen LogP contribution in [0.25, 0.3) is 0 Å². The van der Waals surface area contributed by atoms with Crippen molar-refractivity contribution in [2.24, 2.45) is 10.2 Å². The van der Waals surface area contributed by atoms with E-state index in [1.807, 2.05) is 0 Å². The number of carbonyl (C=O) groups excluding carboxylic acids is 2. The van der Waals surface area contributed by atoms with Gasteiger partial charge < -0.3 is 4.74 Å². The van der Waals surface area contributed by atoms with Crippen LogP contribution in [-0.4, -0.2) is 37.5 Å². The van der Waals surface area contributed by atoms with E-state index in [9.17, 15) is 9.59 Å². The molecule has 2 amide bonds. The molecule has 0 radical (unpaired) electrons. The zero-order chi connectivity index (χ0) is 19.5. The summed E-state index contributed by atoms with van der Waals surface area (Å²) in [5, 5.41) is 8.56. The van der Waals surface area contributed by atoms with Crippen LogP contribution in [0.15, 0.2) is 58.7 Å². The van der Waals surface area contributed by atoms with Gasteiger partial charge in [0.2, 0.25) is 0 Å². The molecule has 27 heavy (non-hydrogen) atoms. The lowest BCUT2D eigenvalue weighted by atomic mass is 10.2. The maximum Gasteiger partial charge on any atom is 0.266 e. The summed E-state index contributed by atoms with van der Waals surface area (Å²) < 4.78 is 4.99. The second-order valence-corrected chi connectivity index (χ2v) is 5.94. The van der Waals surface area contributed by atoms with Gasteiger partial charge in [0.1, 0.15) is 13.2 Å². The minimum Gasteiger partial charge on any atom is -0.362 e. The highest BCUT2D eigenvalue weighted by atomic mass is 35.5. The van der Waals surface area contributed by atoms with Gasteiger partial charge in [-0.1, -0.05) is 59.6 Å². The number of nitrogens with zero attached hydrogens (tertiary/aromatic N) is 2. The first kappa shape index (κ1) is 20.6. The molecule has 2 N–H and O–H groups in total. The topological polar surface area (TPSA) is 92.2 Å². The van der Waals surface area contributed by atoms with Crippen molar-refractivity contribution in [2.45, 2.75) is 0 Å². The predicted octanol–water partition coefficient (Wildman–Crippen LogP) is 2.61. The van der Waals surface area contributed by atoms with Gasteiger partial charge in [0, 0.05) is 21.2 Å². The first-order valence-corrected chi connectivity index (χ1v) is 8.52. The van der Waals surface area contributed by atoms with Gasteiger partial charge in [-0.15, -0.1) is 0 Å². The molecule has 9 heteroatoms. The Morgan fingerprint density at radius 2 is 1.22 bits per heavy atom. The molecule has 0 heterocycles. The Labute approximate surface area is 166 Å². The largest absolute Gasteiger partial charge is 0.362 e. The third kappa shape index (κ3) is 7.57. The van der Waals surface area contributed by atoms with Crippen LogP contribution in [0.1, 0.15) is 11.1 Å². The first-order valence-electron chi connectivity index (χ1n) is 7.77. The number of halogens is 2. The molecule has 0 atom stereocenters. The van der Waals surface area contributed by atoms with Crippen LogP contribution in [0.3, 0.4) is 0 Å². The molecule has 0 aliphatic carbocycles. The summed E-state index contributed by atoms with van der Waals surface area (Å²) in [6.45, 7) is -0.664. The monoisotopic (exact) mass is 406 g/mol. The van der Waals surface area contributed by atoms with E-state index in [-0.39, 0.29) is 13.2 Å². The molecule has 0 aliphatic rings. The standard InChI is InChI=1S/C18H16Cl2N4O3/c19-15-7-3-1-5-13(15)9-21-23-17(25)11-27-12-18(26)24-22-10-14-6-2-4-8-16(14)20/h1-10H,11-12H2,(H,23,25)(H,24,26)/b21-9-,22-10+. The molecule has 0 aromatic heterocycles. The summed E-state index contributed by atoms with van der Waals surface area (Å²) in [6.07, 6.45) is 2.83. The van der Waals surface area contributed by atoms with Crippen LogP contribution < -0.4 is 10.9 Å². The van der Waals surface area contributed by atoms with E-state index < -0.39 is 11.8 Å². The minimum absolute atomic E-state index is 0.332. The average molecular weight is 407 g/mol. The second kappa shape index (κ2) is 11.1. The van der Waals surface area contributed by atoms with E-state index in [0.29, 0.717) is 21.2 Å². The second-order valence-electron chi connectivity index (χ2n) is 5.12. The van der Waals surface area contributed by atoms with E-state index >= 15 is 0 Å². The highest BCUT2D eigenvalue weighted by Gasteiger charge is 2.04. The number of hydrogen-bond donors (Lipinski definition) is 2. The molecule has 0 spiro atoms. The van der Waals surface area contributed by atoms with Crippen LogP contribution >= 0.6 is 23.2 Å². The summed E-state index contributed by atoms with van der Waals surface area (Å²) in [5.74, 6) is -1.02. The Kier molecular flexibility index (Phi) is 8.44. The Morgan fingerprint density at radius 3 is 1.63 bits per heavy atom. The third-order valence-corrected chi connectivity index (χ3v) is 3.75. The Bertz CT molecular complexity index is 787. The van der Waals surface area contributed by atoms with Crippen LogP contribution in [0.5, 0.6) is 0 Å². The first-order chi connectivity index (χ1) is 13.1. The molecule has 2 aromatic carbocycles. The molecular formula is C18H16Cl2N4O3. The van der Waals surface area contributed by atoms with Crippen LogP contribution in [0.2, 0.25) is 10.0 Å². The van der Waals surface area contributed by atoms with Gasteiger partial charge in [-0.25, -0.2) is 10.9 Å². The smallest absolute Gasteiger partial charge is 0.266 e. The zero-order valence-corrected chi connectivity index (χ0v) is 15.6. The van der Waals surface area contributed by atoms with Gasteiger partial charge in [0.25, 0.3) is 11.8 Å². The van der Waals surface area contributed by atoms with Gasteiger partial charge in [-0.3, -0.25) is 9.59 Å². The Balaban J connectivity index is 1.65. The highest BCUT2D eigenvalue weighted by Crippen LogP contribution is 2.12. The number of nitrogens with one attached hydrogen (secondary N) is 2. The van der Waals surface area contributed by atoms with Gasteiger partial charge in [-0.2, -0.15) is 10.2 Å². The minimum atomic E-state index is -0.509. The predicted molar refractivity (Wildman–Crippen MR) is 105 cm³/mol. The maximum atomic E-state index is 11.6. The lowest BCUT2D eigenvalue weighted by molar-refractivity contribution is -0.130. The van der Waals surface area contributed by atoms with Gasteiger partial charge >= 0.3 is 0 Å². The Morgan fingerprint density at radius 1 is 0.815 bits per heavy atom. The number of hydrogen-bond acceptors (Lipinski definition) is 5. The van der Waals surface area contributed by atoms with Crippen molar-refractivity contribution in [2.75, 3.05) is 13.2 Å². The molecule has 0 unspecified atom stereocenters. The van der Waals surface area contributed by atoms with Crippen LogP contribution in [0.4, 0.5) is 0 Å². The van der Waals surface area contributed by atoms with E-state index in [2.05, 4.69) is 21.1 Å². The molecule has 2 rings (SSSR count). The van der Waals surface area contributed by atoms with Gasteiger partial charge in [0.15, 0.2) is 0 Å².